The largest absolute Gasteiger partial charge is 0.399 e. The molecule has 0 aromatic heterocycles. The number of hydrogen-bond donors (Lipinski definition) is 0. The van der Waals surface area contributed by atoms with Crippen LogP contribution in [0.1, 0.15) is 65.2 Å². The molecule has 0 aliphatic carbocycles. The third-order valence-corrected chi connectivity index (χ3v) is 2.39. The van der Waals surface area contributed by atoms with Gasteiger partial charge in [0, 0.05) is 0 Å². The highest BCUT2D eigenvalue weighted by molar-refractivity contribution is 5.81. The molecular formula is C12H25NO. The van der Waals surface area contributed by atoms with Gasteiger partial charge in [0.2, 0.25) is 0 Å². The third-order valence-electron chi connectivity index (χ3n) is 2.39. The molecule has 0 aliphatic rings. The normalized spacial score (nSPS) is 11.8. The molecule has 84 valence electrons. The molecule has 0 saturated heterocycles. The van der Waals surface area contributed by atoms with Crippen molar-refractivity contribution in [3.05, 3.63) is 0 Å². The van der Waals surface area contributed by atoms with Gasteiger partial charge < -0.3 is 4.84 Å². The van der Waals surface area contributed by atoms with Crippen LogP contribution in [0, 0.1) is 0 Å². The Labute approximate surface area is 88.7 Å². The van der Waals surface area contributed by atoms with Crippen molar-refractivity contribution in [2.24, 2.45) is 5.16 Å². The van der Waals surface area contributed by atoms with Gasteiger partial charge in [-0.2, -0.15) is 0 Å². The summed E-state index contributed by atoms with van der Waals surface area (Å²) in [6.07, 6.45) is 10.6. The van der Waals surface area contributed by atoms with Gasteiger partial charge in [-0.05, 0) is 19.8 Å². The molecule has 0 atom stereocenters. The zero-order valence-electron chi connectivity index (χ0n) is 10.0. The molecule has 0 fully saturated rings. The highest BCUT2D eigenvalue weighted by Crippen LogP contribution is 2.08. The lowest BCUT2D eigenvalue weighted by atomic mass is 10.1. The number of oxime groups is 1. The van der Waals surface area contributed by atoms with E-state index in [1.165, 1.54) is 44.9 Å². The van der Waals surface area contributed by atoms with Crippen LogP contribution in [0.2, 0.25) is 0 Å². The third kappa shape index (κ3) is 9.56. The average Bonchev–Trinajstić information content (AvgIpc) is 2.17. The molecule has 0 heterocycles. The quantitative estimate of drug-likeness (QED) is 0.310. The van der Waals surface area contributed by atoms with Gasteiger partial charge in [-0.1, -0.05) is 50.6 Å². The summed E-state index contributed by atoms with van der Waals surface area (Å²) in [5.41, 5.74) is 1.11. The fourth-order valence-electron chi connectivity index (χ4n) is 1.54. The summed E-state index contributed by atoms with van der Waals surface area (Å²) in [7, 11) is 1.61. The standard InChI is InChI=1S/C12H25NO/c1-4-5-6-7-8-9-10-11-12(2)13-14-3/h4-11H2,1-3H3/b13-12-. The van der Waals surface area contributed by atoms with Crippen molar-refractivity contribution in [2.75, 3.05) is 7.11 Å². The minimum atomic E-state index is 1.08. The maximum Gasteiger partial charge on any atom is 0.106 e. The van der Waals surface area contributed by atoms with E-state index in [1.54, 1.807) is 7.11 Å². The summed E-state index contributed by atoms with van der Waals surface area (Å²) in [6, 6.07) is 0. The Hall–Kier alpha value is -0.530. The van der Waals surface area contributed by atoms with E-state index in [1.807, 2.05) is 6.92 Å². The van der Waals surface area contributed by atoms with E-state index in [0.29, 0.717) is 0 Å². The molecule has 0 radical (unpaired) electrons. The molecule has 0 saturated carbocycles. The van der Waals surface area contributed by atoms with Crippen LogP contribution in [-0.4, -0.2) is 12.8 Å². The van der Waals surface area contributed by atoms with E-state index < -0.39 is 0 Å². The van der Waals surface area contributed by atoms with Gasteiger partial charge in [-0.25, -0.2) is 0 Å². The molecule has 0 bridgehead atoms. The summed E-state index contributed by atoms with van der Waals surface area (Å²) >= 11 is 0. The summed E-state index contributed by atoms with van der Waals surface area (Å²) < 4.78 is 0. The summed E-state index contributed by atoms with van der Waals surface area (Å²) in [4.78, 5) is 4.70. The van der Waals surface area contributed by atoms with Crippen LogP contribution in [0.15, 0.2) is 5.16 Å². The smallest absolute Gasteiger partial charge is 0.106 e. The van der Waals surface area contributed by atoms with Gasteiger partial charge in [0.25, 0.3) is 0 Å². The van der Waals surface area contributed by atoms with Gasteiger partial charge >= 0.3 is 0 Å². The second-order valence-corrected chi connectivity index (χ2v) is 3.88. The first-order valence-corrected chi connectivity index (χ1v) is 5.88. The van der Waals surface area contributed by atoms with Crippen molar-refractivity contribution in [3.8, 4) is 0 Å². The maximum absolute atomic E-state index is 4.70. The lowest BCUT2D eigenvalue weighted by Gasteiger charge is -2.01. The SMILES string of the molecule is CCCCCCCCC/C(C)=N\OC. The Balaban J connectivity index is 3.09. The molecule has 2 nitrogen and oxygen atoms in total. The predicted octanol–water partition coefficient (Wildman–Crippen LogP) is 4.15. The van der Waals surface area contributed by atoms with E-state index in [4.69, 9.17) is 4.84 Å². The van der Waals surface area contributed by atoms with E-state index in [9.17, 15) is 0 Å². The molecule has 14 heavy (non-hydrogen) atoms. The molecule has 0 aliphatic heterocycles. The van der Waals surface area contributed by atoms with Crippen molar-refractivity contribution < 1.29 is 4.84 Å². The van der Waals surface area contributed by atoms with Crippen LogP contribution in [0.5, 0.6) is 0 Å². The lowest BCUT2D eigenvalue weighted by molar-refractivity contribution is 0.212. The van der Waals surface area contributed by atoms with Crippen molar-refractivity contribution in [3.63, 3.8) is 0 Å². The fourth-order valence-corrected chi connectivity index (χ4v) is 1.54. The van der Waals surface area contributed by atoms with Crippen molar-refractivity contribution in [1.29, 1.82) is 0 Å². The van der Waals surface area contributed by atoms with Crippen LogP contribution in [0.4, 0.5) is 0 Å². The Kier molecular flexibility index (Phi) is 10.2. The van der Waals surface area contributed by atoms with Crippen molar-refractivity contribution in [2.45, 2.75) is 65.2 Å². The molecule has 0 spiro atoms. The van der Waals surface area contributed by atoms with Gasteiger partial charge in [-0.15, -0.1) is 0 Å². The number of nitrogens with zero attached hydrogens (tertiary/aromatic N) is 1. The zero-order chi connectivity index (χ0) is 10.6. The summed E-state index contributed by atoms with van der Waals surface area (Å²) in [5, 5.41) is 3.89. The maximum atomic E-state index is 4.70. The first-order valence-electron chi connectivity index (χ1n) is 5.88. The molecular weight excluding hydrogens is 174 g/mol. The molecule has 0 amide bonds. The Bertz CT molecular complexity index is 143. The monoisotopic (exact) mass is 199 g/mol. The van der Waals surface area contributed by atoms with Crippen molar-refractivity contribution in [1.82, 2.24) is 0 Å². The summed E-state index contributed by atoms with van der Waals surface area (Å²) in [5.74, 6) is 0. The minimum Gasteiger partial charge on any atom is -0.399 e. The highest BCUT2D eigenvalue weighted by atomic mass is 16.6. The minimum absolute atomic E-state index is 1.08. The lowest BCUT2D eigenvalue weighted by Crippen LogP contribution is -1.92. The molecule has 0 rings (SSSR count). The van der Waals surface area contributed by atoms with E-state index in [0.717, 1.165) is 12.1 Å². The fraction of sp³-hybridized carbons (Fsp3) is 0.917. The van der Waals surface area contributed by atoms with Gasteiger partial charge in [0.05, 0.1) is 5.71 Å². The van der Waals surface area contributed by atoms with E-state index in [-0.39, 0.29) is 0 Å². The molecule has 0 aromatic carbocycles. The highest BCUT2D eigenvalue weighted by Gasteiger charge is 1.93. The first-order chi connectivity index (χ1) is 6.81. The van der Waals surface area contributed by atoms with Gasteiger partial charge in [-0.3, -0.25) is 0 Å². The molecule has 0 N–H and O–H groups in total. The first kappa shape index (κ1) is 13.5. The Morgan fingerprint density at radius 2 is 1.57 bits per heavy atom. The molecule has 2 heteroatoms. The van der Waals surface area contributed by atoms with Crippen LogP contribution in [0.3, 0.4) is 0 Å². The van der Waals surface area contributed by atoms with Crippen molar-refractivity contribution >= 4 is 5.71 Å². The number of unbranched alkanes of at least 4 members (excludes halogenated alkanes) is 6. The topological polar surface area (TPSA) is 21.6 Å². The van der Waals surface area contributed by atoms with Crippen LogP contribution < -0.4 is 0 Å². The number of rotatable bonds is 9. The Morgan fingerprint density at radius 3 is 2.14 bits per heavy atom. The molecule has 0 aromatic rings. The van der Waals surface area contributed by atoms with E-state index in [2.05, 4.69) is 12.1 Å². The Morgan fingerprint density at radius 1 is 1.00 bits per heavy atom. The predicted molar refractivity (Wildman–Crippen MR) is 62.7 cm³/mol. The second kappa shape index (κ2) is 10.6. The number of hydrogen-bond acceptors (Lipinski definition) is 2. The average molecular weight is 199 g/mol. The zero-order valence-corrected chi connectivity index (χ0v) is 10.0. The van der Waals surface area contributed by atoms with Gasteiger partial charge in [0.15, 0.2) is 0 Å². The van der Waals surface area contributed by atoms with Crippen LogP contribution in [-0.2, 0) is 4.84 Å². The molecule has 0 unspecified atom stereocenters. The second-order valence-electron chi connectivity index (χ2n) is 3.88. The van der Waals surface area contributed by atoms with E-state index >= 15 is 0 Å². The van der Waals surface area contributed by atoms with Crippen LogP contribution in [0.25, 0.3) is 0 Å². The summed E-state index contributed by atoms with van der Waals surface area (Å²) in [6.45, 7) is 4.28. The van der Waals surface area contributed by atoms with Crippen LogP contribution >= 0.6 is 0 Å². The van der Waals surface area contributed by atoms with Gasteiger partial charge in [0.1, 0.15) is 7.11 Å².